The molecule has 0 saturated heterocycles. The lowest BCUT2D eigenvalue weighted by molar-refractivity contribution is -0.0919. The van der Waals surface area contributed by atoms with Crippen molar-refractivity contribution < 1.29 is 14.9 Å². The van der Waals surface area contributed by atoms with Crippen molar-refractivity contribution in [3.05, 3.63) is 0 Å². The van der Waals surface area contributed by atoms with Gasteiger partial charge in [-0.3, -0.25) is 0 Å². The fraction of sp³-hybridized carbons (Fsp3) is 1.00. The van der Waals surface area contributed by atoms with Crippen molar-refractivity contribution in [1.29, 1.82) is 0 Å². The van der Waals surface area contributed by atoms with E-state index in [2.05, 4.69) is 20.8 Å². The second kappa shape index (κ2) is 6.72. The van der Waals surface area contributed by atoms with E-state index < -0.39 is 12.2 Å². The van der Waals surface area contributed by atoms with E-state index in [9.17, 15) is 10.2 Å². The number of rotatable bonds is 5. The highest BCUT2D eigenvalue weighted by molar-refractivity contribution is 4.81. The maximum Gasteiger partial charge on any atom is 0.103 e. The SMILES string of the molecule is CC1CCC(C(C)C)C(OCC(O)C(C)O)C1. The normalized spacial score (nSPS) is 33.7. The molecular weight excluding hydrogens is 216 g/mol. The maximum absolute atomic E-state index is 9.57. The molecule has 5 atom stereocenters. The fourth-order valence-corrected chi connectivity index (χ4v) is 2.67. The van der Waals surface area contributed by atoms with Crippen LogP contribution in [0.3, 0.4) is 0 Å². The molecule has 0 radical (unpaired) electrons. The van der Waals surface area contributed by atoms with Crippen molar-refractivity contribution in [2.75, 3.05) is 6.61 Å². The van der Waals surface area contributed by atoms with Crippen molar-refractivity contribution in [2.45, 2.75) is 65.3 Å². The third-order valence-corrected chi connectivity index (χ3v) is 4.00. The third-order valence-electron chi connectivity index (χ3n) is 4.00. The molecule has 3 nitrogen and oxygen atoms in total. The summed E-state index contributed by atoms with van der Waals surface area (Å²) in [5.41, 5.74) is 0. The smallest absolute Gasteiger partial charge is 0.103 e. The predicted octanol–water partition coefficient (Wildman–Crippen LogP) is 2.21. The predicted molar refractivity (Wildman–Crippen MR) is 68.8 cm³/mol. The van der Waals surface area contributed by atoms with Crippen LogP contribution in [0.4, 0.5) is 0 Å². The van der Waals surface area contributed by atoms with Gasteiger partial charge in [0.1, 0.15) is 6.10 Å². The average Bonchev–Trinajstić information content (AvgIpc) is 2.25. The molecule has 0 spiro atoms. The van der Waals surface area contributed by atoms with Crippen LogP contribution in [-0.2, 0) is 4.74 Å². The number of aliphatic hydroxyl groups is 2. The Bertz CT molecular complexity index is 216. The van der Waals surface area contributed by atoms with Gasteiger partial charge >= 0.3 is 0 Å². The Balaban J connectivity index is 2.46. The highest BCUT2D eigenvalue weighted by atomic mass is 16.5. The first-order valence-electron chi connectivity index (χ1n) is 6.89. The van der Waals surface area contributed by atoms with Crippen LogP contribution in [0.2, 0.25) is 0 Å². The van der Waals surface area contributed by atoms with Crippen molar-refractivity contribution >= 4 is 0 Å². The molecule has 1 fully saturated rings. The van der Waals surface area contributed by atoms with Gasteiger partial charge in [0, 0.05) is 0 Å². The lowest BCUT2D eigenvalue weighted by atomic mass is 9.75. The molecule has 0 bridgehead atoms. The van der Waals surface area contributed by atoms with Crippen molar-refractivity contribution in [3.63, 3.8) is 0 Å². The highest BCUT2D eigenvalue weighted by Crippen LogP contribution is 2.35. The Morgan fingerprint density at radius 2 is 1.82 bits per heavy atom. The zero-order chi connectivity index (χ0) is 13.0. The Labute approximate surface area is 105 Å². The van der Waals surface area contributed by atoms with Crippen LogP contribution in [0.5, 0.6) is 0 Å². The zero-order valence-corrected chi connectivity index (χ0v) is 11.6. The van der Waals surface area contributed by atoms with Crippen LogP contribution in [0, 0.1) is 17.8 Å². The number of ether oxygens (including phenoxy) is 1. The number of hydrogen-bond donors (Lipinski definition) is 2. The van der Waals surface area contributed by atoms with E-state index in [4.69, 9.17) is 4.74 Å². The average molecular weight is 244 g/mol. The lowest BCUT2D eigenvalue weighted by Crippen LogP contribution is -2.38. The third kappa shape index (κ3) is 4.57. The summed E-state index contributed by atoms with van der Waals surface area (Å²) in [5, 5.41) is 18.8. The number of hydrogen-bond acceptors (Lipinski definition) is 3. The summed E-state index contributed by atoms with van der Waals surface area (Å²) in [6, 6.07) is 0. The van der Waals surface area contributed by atoms with Crippen molar-refractivity contribution in [3.8, 4) is 0 Å². The Hall–Kier alpha value is -0.120. The zero-order valence-electron chi connectivity index (χ0n) is 11.6. The highest BCUT2D eigenvalue weighted by Gasteiger charge is 2.31. The standard InChI is InChI=1S/C14H28O3/c1-9(2)12-6-5-10(3)7-14(12)17-8-13(16)11(4)15/h9-16H,5-8H2,1-4H3. The van der Waals surface area contributed by atoms with E-state index >= 15 is 0 Å². The Kier molecular flexibility index (Phi) is 5.90. The summed E-state index contributed by atoms with van der Waals surface area (Å²) in [4.78, 5) is 0. The summed E-state index contributed by atoms with van der Waals surface area (Å²) in [6.45, 7) is 8.58. The maximum atomic E-state index is 9.57. The van der Waals surface area contributed by atoms with Gasteiger partial charge in [-0.05, 0) is 37.5 Å². The van der Waals surface area contributed by atoms with Gasteiger partial charge in [0.05, 0.1) is 18.8 Å². The first-order valence-corrected chi connectivity index (χ1v) is 6.89. The minimum Gasteiger partial charge on any atom is -0.391 e. The quantitative estimate of drug-likeness (QED) is 0.779. The molecule has 1 aliphatic rings. The molecule has 5 unspecified atom stereocenters. The molecule has 0 aromatic heterocycles. The van der Waals surface area contributed by atoms with E-state index in [0.29, 0.717) is 17.8 Å². The Morgan fingerprint density at radius 1 is 1.18 bits per heavy atom. The molecule has 0 amide bonds. The van der Waals surface area contributed by atoms with E-state index in [1.807, 2.05) is 0 Å². The van der Waals surface area contributed by atoms with Crippen molar-refractivity contribution in [1.82, 2.24) is 0 Å². The largest absolute Gasteiger partial charge is 0.391 e. The molecule has 0 heterocycles. The van der Waals surface area contributed by atoms with Gasteiger partial charge in [-0.1, -0.05) is 27.2 Å². The van der Waals surface area contributed by atoms with Gasteiger partial charge in [0.2, 0.25) is 0 Å². The summed E-state index contributed by atoms with van der Waals surface area (Å²) < 4.78 is 5.84. The molecule has 0 aromatic carbocycles. The second-order valence-corrected chi connectivity index (χ2v) is 6.01. The molecule has 3 heteroatoms. The first-order chi connectivity index (χ1) is 7.91. The molecular formula is C14H28O3. The summed E-state index contributed by atoms with van der Waals surface area (Å²) in [6.07, 6.45) is 2.34. The lowest BCUT2D eigenvalue weighted by Gasteiger charge is -2.37. The monoisotopic (exact) mass is 244 g/mol. The molecule has 102 valence electrons. The number of aliphatic hydroxyl groups excluding tert-OH is 2. The molecule has 0 aliphatic heterocycles. The van der Waals surface area contributed by atoms with Crippen LogP contribution in [-0.4, -0.2) is 35.1 Å². The topological polar surface area (TPSA) is 49.7 Å². The van der Waals surface area contributed by atoms with E-state index in [1.54, 1.807) is 6.92 Å². The van der Waals surface area contributed by atoms with Crippen LogP contribution >= 0.6 is 0 Å². The van der Waals surface area contributed by atoms with Crippen LogP contribution in [0.15, 0.2) is 0 Å². The molecule has 17 heavy (non-hydrogen) atoms. The van der Waals surface area contributed by atoms with Crippen LogP contribution in [0.25, 0.3) is 0 Å². The molecule has 2 N–H and O–H groups in total. The van der Waals surface area contributed by atoms with Crippen LogP contribution < -0.4 is 0 Å². The van der Waals surface area contributed by atoms with Crippen LogP contribution in [0.1, 0.15) is 47.0 Å². The molecule has 0 aromatic rings. The summed E-state index contributed by atoms with van der Waals surface area (Å²) >= 11 is 0. The van der Waals surface area contributed by atoms with E-state index in [0.717, 1.165) is 6.42 Å². The van der Waals surface area contributed by atoms with Gasteiger partial charge in [0.15, 0.2) is 0 Å². The van der Waals surface area contributed by atoms with Gasteiger partial charge in [-0.15, -0.1) is 0 Å². The minimum absolute atomic E-state index is 0.243. The van der Waals surface area contributed by atoms with E-state index in [-0.39, 0.29) is 12.7 Å². The minimum atomic E-state index is -0.764. The fourth-order valence-electron chi connectivity index (χ4n) is 2.67. The summed E-state index contributed by atoms with van der Waals surface area (Å²) in [5.74, 6) is 1.92. The van der Waals surface area contributed by atoms with Gasteiger partial charge in [0.25, 0.3) is 0 Å². The van der Waals surface area contributed by atoms with E-state index in [1.165, 1.54) is 12.8 Å². The molecule has 1 rings (SSSR count). The molecule has 1 saturated carbocycles. The van der Waals surface area contributed by atoms with Gasteiger partial charge in [-0.2, -0.15) is 0 Å². The molecule has 1 aliphatic carbocycles. The second-order valence-electron chi connectivity index (χ2n) is 6.01. The van der Waals surface area contributed by atoms with Crippen molar-refractivity contribution in [2.24, 2.45) is 17.8 Å². The van der Waals surface area contributed by atoms with Gasteiger partial charge in [-0.25, -0.2) is 0 Å². The first kappa shape index (κ1) is 14.9. The Morgan fingerprint density at radius 3 is 2.35 bits per heavy atom. The van der Waals surface area contributed by atoms with Gasteiger partial charge < -0.3 is 14.9 Å². The summed E-state index contributed by atoms with van der Waals surface area (Å²) in [7, 11) is 0.